The lowest BCUT2D eigenvalue weighted by Crippen LogP contribution is -2.46. The minimum atomic E-state index is -0.568. The fourth-order valence-electron chi connectivity index (χ4n) is 2.94. The molecule has 0 heterocycles. The first-order valence-electron chi connectivity index (χ1n) is 9.28. The van der Waals surface area contributed by atoms with Crippen LogP contribution in [-0.4, -0.2) is 29.8 Å². The van der Waals surface area contributed by atoms with Crippen LogP contribution in [0, 0.1) is 0 Å². The first-order valence-corrected chi connectivity index (χ1v) is 9.66. The molecule has 1 atom stereocenters. The maximum atomic E-state index is 12.9. The van der Waals surface area contributed by atoms with Gasteiger partial charge in [-0.2, -0.15) is 0 Å². The second kappa shape index (κ2) is 10.1. The summed E-state index contributed by atoms with van der Waals surface area (Å²) < 4.78 is 0. The molecule has 0 bridgehead atoms. The van der Waals surface area contributed by atoms with Crippen molar-refractivity contribution in [3.8, 4) is 0 Å². The lowest BCUT2D eigenvalue weighted by molar-refractivity contribution is -0.140. The summed E-state index contributed by atoms with van der Waals surface area (Å²) in [5.74, 6) is -0.256. The van der Waals surface area contributed by atoms with Gasteiger partial charge in [-0.1, -0.05) is 61.0 Å². The molecule has 1 unspecified atom stereocenters. The van der Waals surface area contributed by atoms with Crippen molar-refractivity contribution < 1.29 is 9.59 Å². The van der Waals surface area contributed by atoms with Crippen LogP contribution in [0.5, 0.6) is 0 Å². The fraction of sp³-hybridized carbons (Fsp3) is 0.364. The highest BCUT2D eigenvalue weighted by molar-refractivity contribution is 6.31. The average molecular weight is 387 g/mol. The first kappa shape index (κ1) is 21.0. The van der Waals surface area contributed by atoms with Crippen molar-refractivity contribution in [2.75, 3.05) is 7.05 Å². The Morgan fingerprint density at radius 2 is 1.70 bits per heavy atom. The van der Waals surface area contributed by atoms with Gasteiger partial charge in [0.25, 0.3) is 0 Å². The number of halogens is 1. The van der Waals surface area contributed by atoms with Crippen molar-refractivity contribution in [2.45, 2.75) is 45.7 Å². The molecule has 0 aliphatic heterocycles. The predicted molar refractivity (Wildman–Crippen MR) is 110 cm³/mol. The Morgan fingerprint density at radius 3 is 2.30 bits per heavy atom. The van der Waals surface area contributed by atoms with Crippen molar-refractivity contribution in [3.63, 3.8) is 0 Å². The van der Waals surface area contributed by atoms with Gasteiger partial charge in [-0.3, -0.25) is 9.59 Å². The molecule has 0 fully saturated rings. The smallest absolute Gasteiger partial charge is 0.242 e. The number of rotatable bonds is 8. The molecule has 2 aromatic rings. The zero-order chi connectivity index (χ0) is 19.8. The van der Waals surface area contributed by atoms with Gasteiger partial charge in [0.2, 0.25) is 11.8 Å². The van der Waals surface area contributed by atoms with Crippen LogP contribution in [0.15, 0.2) is 48.5 Å². The normalized spacial score (nSPS) is 11.7. The van der Waals surface area contributed by atoms with E-state index >= 15 is 0 Å². The fourth-order valence-corrected chi connectivity index (χ4v) is 3.13. The summed E-state index contributed by atoms with van der Waals surface area (Å²) in [6.45, 7) is 4.16. The zero-order valence-electron chi connectivity index (χ0n) is 16.2. The number of hydrogen-bond acceptors (Lipinski definition) is 2. The highest BCUT2D eigenvalue weighted by atomic mass is 35.5. The molecule has 2 aromatic carbocycles. The number of likely N-dealkylation sites (N-methyl/N-ethyl adjacent to an activating group) is 1. The number of carbonyl (C=O) groups is 2. The topological polar surface area (TPSA) is 49.4 Å². The Labute approximate surface area is 166 Å². The van der Waals surface area contributed by atoms with Crippen LogP contribution >= 0.6 is 11.6 Å². The molecule has 0 aliphatic carbocycles. The highest BCUT2D eigenvalue weighted by Gasteiger charge is 2.25. The quantitative estimate of drug-likeness (QED) is 0.745. The highest BCUT2D eigenvalue weighted by Crippen LogP contribution is 2.19. The molecule has 1 N–H and O–H groups in total. The monoisotopic (exact) mass is 386 g/mol. The summed E-state index contributed by atoms with van der Waals surface area (Å²) in [7, 11) is 1.58. The Morgan fingerprint density at radius 1 is 1.07 bits per heavy atom. The number of carbonyl (C=O) groups excluding carboxylic acids is 2. The molecule has 2 amide bonds. The molecule has 0 aromatic heterocycles. The van der Waals surface area contributed by atoms with Gasteiger partial charge in [0, 0.05) is 25.0 Å². The van der Waals surface area contributed by atoms with Gasteiger partial charge in [0.15, 0.2) is 0 Å². The van der Waals surface area contributed by atoms with Gasteiger partial charge in [-0.25, -0.2) is 0 Å². The minimum Gasteiger partial charge on any atom is -0.357 e. The number of nitrogens with zero attached hydrogens (tertiary/aromatic N) is 1. The van der Waals surface area contributed by atoms with E-state index in [1.165, 1.54) is 5.56 Å². The van der Waals surface area contributed by atoms with Crippen LogP contribution < -0.4 is 5.32 Å². The molecular formula is C22H27ClN2O2. The summed E-state index contributed by atoms with van der Waals surface area (Å²) >= 11 is 6.25. The molecule has 0 saturated heterocycles. The largest absolute Gasteiger partial charge is 0.357 e. The van der Waals surface area contributed by atoms with Crippen LogP contribution in [0.2, 0.25) is 5.02 Å². The van der Waals surface area contributed by atoms with E-state index in [1.54, 1.807) is 24.9 Å². The van der Waals surface area contributed by atoms with Crippen molar-refractivity contribution in [1.82, 2.24) is 10.2 Å². The third-order valence-corrected chi connectivity index (χ3v) is 5.14. The Hall–Kier alpha value is -2.33. The molecule has 0 radical (unpaired) electrons. The van der Waals surface area contributed by atoms with Crippen LogP contribution in [-0.2, 0) is 29.0 Å². The molecule has 27 heavy (non-hydrogen) atoms. The Balaban J connectivity index is 2.12. The van der Waals surface area contributed by atoms with Crippen LogP contribution in [0.25, 0.3) is 0 Å². The number of nitrogens with one attached hydrogen (secondary N) is 1. The number of hydrogen-bond donors (Lipinski definition) is 1. The van der Waals surface area contributed by atoms with Gasteiger partial charge >= 0.3 is 0 Å². The van der Waals surface area contributed by atoms with E-state index in [2.05, 4.69) is 36.5 Å². The first-order chi connectivity index (χ1) is 13.0. The van der Waals surface area contributed by atoms with E-state index in [9.17, 15) is 9.59 Å². The van der Waals surface area contributed by atoms with Crippen LogP contribution in [0.4, 0.5) is 0 Å². The summed E-state index contributed by atoms with van der Waals surface area (Å²) in [5, 5.41) is 3.21. The number of amides is 2. The lowest BCUT2D eigenvalue weighted by Gasteiger charge is -2.28. The lowest BCUT2D eigenvalue weighted by atomic mass is 10.0. The summed E-state index contributed by atoms with van der Waals surface area (Å²) in [4.78, 5) is 26.7. The number of aryl methyl sites for hydroxylation is 2. The molecular weight excluding hydrogens is 360 g/mol. The van der Waals surface area contributed by atoms with Gasteiger partial charge in [-0.15, -0.1) is 0 Å². The van der Waals surface area contributed by atoms with Crippen LogP contribution in [0.1, 0.15) is 37.0 Å². The number of benzene rings is 2. The van der Waals surface area contributed by atoms with Crippen LogP contribution in [0.3, 0.4) is 0 Å². The van der Waals surface area contributed by atoms with Gasteiger partial charge in [0.05, 0.1) is 0 Å². The van der Waals surface area contributed by atoms with E-state index in [0.717, 1.165) is 17.5 Å². The van der Waals surface area contributed by atoms with E-state index in [1.807, 2.05) is 18.2 Å². The Kier molecular flexibility index (Phi) is 7.86. The van der Waals surface area contributed by atoms with Crippen molar-refractivity contribution in [3.05, 3.63) is 70.2 Å². The van der Waals surface area contributed by atoms with E-state index in [4.69, 9.17) is 11.6 Å². The Bertz CT molecular complexity index is 774. The molecule has 4 nitrogen and oxygen atoms in total. The SMILES string of the molecule is CCc1ccc(CCC(=O)N(Cc2ccccc2Cl)C(C)C(=O)NC)cc1. The second-order valence-corrected chi connectivity index (χ2v) is 6.98. The molecule has 0 saturated carbocycles. The molecule has 144 valence electrons. The average Bonchev–Trinajstić information content (AvgIpc) is 2.70. The standard InChI is InChI=1S/C22H27ClN2O2/c1-4-17-9-11-18(12-10-17)13-14-21(26)25(16(2)22(27)24-3)15-19-7-5-6-8-20(19)23/h5-12,16H,4,13-15H2,1-3H3,(H,24,27). The van der Waals surface area contributed by atoms with Crippen molar-refractivity contribution >= 4 is 23.4 Å². The summed E-state index contributed by atoms with van der Waals surface area (Å²) in [6, 6.07) is 15.1. The van der Waals surface area contributed by atoms with E-state index in [0.29, 0.717) is 24.4 Å². The summed E-state index contributed by atoms with van der Waals surface area (Å²) in [5.41, 5.74) is 3.22. The molecule has 2 rings (SSSR count). The predicted octanol–water partition coefficient (Wildman–Crippen LogP) is 4.00. The third-order valence-electron chi connectivity index (χ3n) is 4.77. The van der Waals surface area contributed by atoms with Gasteiger partial charge in [-0.05, 0) is 42.5 Å². The zero-order valence-corrected chi connectivity index (χ0v) is 16.9. The maximum absolute atomic E-state index is 12.9. The van der Waals surface area contributed by atoms with Gasteiger partial charge < -0.3 is 10.2 Å². The second-order valence-electron chi connectivity index (χ2n) is 6.57. The molecule has 5 heteroatoms. The molecule has 0 aliphatic rings. The maximum Gasteiger partial charge on any atom is 0.242 e. The van der Waals surface area contributed by atoms with E-state index < -0.39 is 6.04 Å². The van der Waals surface area contributed by atoms with Gasteiger partial charge in [0.1, 0.15) is 6.04 Å². The van der Waals surface area contributed by atoms with E-state index in [-0.39, 0.29) is 11.8 Å². The van der Waals surface area contributed by atoms with Crippen molar-refractivity contribution in [2.24, 2.45) is 0 Å². The molecule has 0 spiro atoms. The third kappa shape index (κ3) is 5.83. The van der Waals surface area contributed by atoms with Crippen molar-refractivity contribution in [1.29, 1.82) is 0 Å². The minimum absolute atomic E-state index is 0.0643. The summed E-state index contributed by atoms with van der Waals surface area (Å²) in [6.07, 6.45) is 1.98.